The predicted octanol–water partition coefficient (Wildman–Crippen LogP) is 4.18. The number of carbonyl (C=O) groups excluding carboxylic acids is 1. The van der Waals surface area contributed by atoms with Crippen LogP contribution in [-0.2, 0) is 19.6 Å². The van der Waals surface area contributed by atoms with Gasteiger partial charge in [-0.05, 0) is 48.6 Å². The Labute approximate surface area is 216 Å². The van der Waals surface area contributed by atoms with Crippen LogP contribution in [0, 0.1) is 0 Å². The van der Waals surface area contributed by atoms with E-state index in [-0.39, 0.29) is 10.6 Å². The summed E-state index contributed by atoms with van der Waals surface area (Å²) < 4.78 is 40.3. The Morgan fingerprint density at radius 2 is 1.86 bits per heavy atom. The van der Waals surface area contributed by atoms with Crippen LogP contribution in [-0.4, -0.2) is 50.2 Å². The van der Waals surface area contributed by atoms with E-state index in [9.17, 15) is 13.2 Å². The number of amides is 1. The van der Waals surface area contributed by atoms with Crippen molar-refractivity contribution in [2.24, 2.45) is 0 Å². The van der Waals surface area contributed by atoms with Crippen molar-refractivity contribution in [2.45, 2.75) is 73.5 Å². The maximum absolute atomic E-state index is 13.2. The SMILES string of the molecule is O=C(NS(=O)(=O)c1cccc(N2CC3(CCO3)C2)n1)C1(Oc2cc(Cl)ccc2C2CCCCC2)CC1. The van der Waals surface area contributed by atoms with Crippen molar-refractivity contribution in [1.82, 2.24) is 9.71 Å². The summed E-state index contributed by atoms with van der Waals surface area (Å²) in [4.78, 5) is 19.5. The van der Waals surface area contributed by atoms with E-state index in [0.29, 0.717) is 48.4 Å². The van der Waals surface area contributed by atoms with Crippen molar-refractivity contribution >= 4 is 33.3 Å². The molecule has 2 aliphatic heterocycles. The van der Waals surface area contributed by atoms with Crippen LogP contribution in [0.5, 0.6) is 5.75 Å². The Kier molecular flexibility index (Phi) is 5.92. The van der Waals surface area contributed by atoms with E-state index < -0.39 is 21.5 Å². The number of hydrogen-bond acceptors (Lipinski definition) is 7. The molecule has 1 aromatic carbocycles. The number of nitrogens with one attached hydrogen (secondary N) is 1. The monoisotopic (exact) mass is 531 g/mol. The number of anilines is 1. The van der Waals surface area contributed by atoms with Crippen LogP contribution in [0.1, 0.15) is 62.8 Å². The number of hydrogen-bond donors (Lipinski definition) is 1. The maximum Gasteiger partial charge on any atom is 0.281 e. The lowest BCUT2D eigenvalue weighted by Crippen LogP contribution is -2.68. The van der Waals surface area contributed by atoms with Crippen molar-refractivity contribution in [1.29, 1.82) is 0 Å². The number of nitrogens with zero attached hydrogens (tertiary/aromatic N) is 2. The molecule has 1 N–H and O–H groups in total. The van der Waals surface area contributed by atoms with E-state index >= 15 is 0 Å². The number of pyridine rings is 1. The Morgan fingerprint density at radius 3 is 2.53 bits per heavy atom. The highest BCUT2D eigenvalue weighted by Gasteiger charge is 2.55. The average molecular weight is 532 g/mol. The summed E-state index contributed by atoms with van der Waals surface area (Å²) >= 11 is 6.26. The number of ether oxygens (including phenoxy) is 2. The lowest BCUT2D eigenvalue weighted by Gasteiger charge is -2.55. The van der Waals surface area contributed by atoms with Crippen LogP contribution >= 0.6 is 11.6 Å². The molecule has 10 heteroatoms. The van der Waals surface area contributed by atoms with Gasteiger partial charge in [0.2, 0.25) is 0 Å². The first-order valence-electron chi connectivity index (χ1n) is 12.7. The third-order valence-corrected chi connectivity index (χ3v) is 9.37. The van der Waals surface area contributed by atoms with Gasteiger partial charge in [-0.1, -0.05) is 43.0 Å². The minimum atomic E-state index is -4.17. The molecule has 2 aliphatic carbocycles. The Bertz CT molecular complexity index is 1280. The van der Waals surface area contributed by atoms with Gasteiger partial charge >= 0.3 is 0 Å². The number of halogens is 1. The molecule has 2 saturated carbocycles. The van der Waals surface area contributed by atoms with Crippen LogP contribution in [0.15, 0.2) is 41.4 Å². The van der Waals surface area contributed by atoms with Gasteiger partial charge < -0.3 is 14.4 Å². The summed E-state index contributed by atoms with van der Waals surface area (Å²) in [5.74, 6) is 0.811. The quantitative estimate of drug-likeness (QED) is 0.572. The van der Waals surface area contributed by atoms with Crippen LogP contribution in [0.2, 0.25) is 5.02 Å². The van der Waals surface area contributed by atoms with E-state index in [4.69, 9.17) is 21.1 Å². The van der Waals surface area contributed by atoms with E-state index in [0.717, 1.165) is 44.3 Å². The summed E-state index contributed by atoms with van der Waals surface area (Å²) in [6.45, 7) is 2.15. The fourth-order valence-corrected chi connectivity index (χ4v) is 6.66. The molecule has 4 aliphatic rings. The molecular formula is C26H30ClN3O5S. The minimum Gasteiger partial charge on any atom is -0.477 e. The summed E-state index contributed by atoms with van der Waals surface area (Å²) in [6.07, 6.45) is 7.57. The molecule has 8 nitrogen and oxygen atoms in total. The highest BCUT2D eigenvalue weighted by molar-refractivity contribution is 7.90. The molecule has 2 saturated heterocycles. The topological polar surface area (TPSA) is 97.8 Å². The van der Waals surface area contributed by atoms with Crippen molar-refractivity contribution in [3.05, 3.63) is 47.0 Å². The lowest BCUT2D eigenvalue weighted by molar-refractivity contribution is -0.161. The first-order valence-corrected chi connectivity index (χ1v) is 14.6. The zero-order valence-electron chi connectivity index (χ0n) is 20.0. The van der Waals surface area contributed by atoms with Crippen molar-refractivity contribution in [3.63, 3.8) is 0 Å². The smallest absolute Gasteiger partial charge is 0.281 e. The molecule has 4 fully saturated rings. The molecule has 2 aromatic rings. The van der Waals surface area contributed by atoms with Crippen molar-refractivity contribution < 1.29 is 22.7 Å². The molecular weight excluding hydrogens is 502 g/mol. The molecule has 192 valence electrons. The van der Waals surface area contributed by atoms with Gasteiger partial charge in [0.25, 0.3) is 15.9 Å². The average Bonchev–Trinajstić information content (AvgIpc) is 3.59. The standard InChI is InChI=1S/C26H30ClN3O5S/c27-19-9-10-20(18-5-2-1-3-6-18)21(15-19)35-26(11-12-26)24(31)29-36(32,33)23-8-4-7-22(28-23)30-16-25(17-30)13-14-34-25/h4,7-10,15,18H,1-3,5-6,11-14,16-17H2,(H,29,31). The van der Waals surface area contributed by atoms with Gasteiger partial charge in [-0.25, -0.2) is 9.71 Å². The van der Waals surface area contributed by atoms with Crippen molar-refractivity contribution in [3.8, 4) is 5.75 Å². The number of sulfonamides is 1. The van der Waals surface area contributed by atoms with Gasteiger partial charge in [0.15, 0.2) is 10.6 Å². The van der Waals surface area contributed by atoms with Crippen LogP contribution in [0.3, 0.4) is 0 Å². The van der Waals surface area contributed by atoms with Gasteiger partial charge in [0.05, 0.1) is 19.7 Å². The third kappa shape index (κ3) is 4.46. The molecule has 1 spiro atoms. The number of benzene rings is 1. The van der Waals surface area contributed by atoms with Gasteiger partial charge in [-0.3, -0.25) is 4.79 Å². The third-order valence-electron chi connectivity index (χ3n) is 7.90. The van der Waals surface area contributed by atoms with E-state index in [1.807, 2.05) is 17.0 Å². The van der Waals surface area contributed by atoms with Crippen LogP contribution < -0.4 is 14.4 Å². The Morgan fingerprint density at radius 1 is 1.11 bits per heavy atom. The molecule has 6 rings (SSSR count). The largest absolute Gasteiger partial charge is 0.477 e. The predicted molar refractivity (Wildman–Crippen MR) is 135 cm³/mol. The summed E-state index contributed by atoms with van der Waals surface area (Å²) in [6, 6.07) is 10.4. The summed E-state index contributed by atoms with van der Waals surface area (Å²) in [5, 5.41) is 0.333. The molecule has 0 unspecified atom stereocenters. The number of carbonyl (C=O) groups is 1. The first-order chi connectivity index (χ1) is 17.3. The highest BCUT2D eigenvalue weighted by atomic mass is 35.5. The zero-order chi connectivity index (χ0) is 25.0. The second-order valence-electron chi connectivity index (χ2n) is 10.5. The van der Waals surface area contributed by atoms with E-state index in [1.165, 1.54) is 12.5 Å². The first kappa shape index (κ1) is 24.0. The van der Waals surface area contributed by atoms with Crippen LogP contribution in [0.4, 0.5) is 5.82 Å². The van der Waals surface area contributed by atoms with Gasteiger partial charge in [-0.15, -0.1) is 0 Å². The normalized spacial score (nSPS) is 22.4. The molecule has 1 aromatic heterocycles. The summed E-state index contributed by atoms with van der Waals surface area (Å²) in [5.41, 5.74) is -0.278. The fourth-order valence-electron chi connectivity index (χ4n) is 5.50. The second kappa shape index (κ2) is 8.89. The lowest BCUT2D eigenvalue weighted by atomic mass is 9.83. The van der Waals surface area contributed by atoms with Gasteiger partial charge in [-0.2, -0.15) is 8.42 Å². The molecule has 0 atom stereocenters. The maximum atomic E-state index is 13.2. The molecule has 3 heterocycles. The molecule has 0 bridgehead atoms. The van der Waals surface area contributed by atoms with Gasteiger partial charge in [0.1, 0.15) is 17.2 Å². The molecule has 36 heavy (non-hydrogen) atoms. The Balaban J connectivity index is 1.17. The van der Waals surface area contributed by atoms with E-state index in [2.05, 4.69) is 9.71 Å². The fraction of sp³-hybridized carbons (Fsp3) is 0.538. The number of aromatic nitrogens is 1. The van der Waals surface area contributed by atoms with Crippen molar-refractivity contribution in [2.75, 3.05) is 24.6 Å². The minimum absolute atomic E-state index is 0.0999. The Hall–Kier alpha value is -2.36. The second-order valence-corrected chi connectivity index (χ2v) is 12.6. The summed E-state index contributed by atoms with van der Waals surface area (Å²) in [7, 11) is -4.17. The number of rotatable bonds is 7. The van der Waals surface area contributed by atoms with Crippen LogP contribution in [0.25, 0.3) is 0 Å². The van der Waals surface area contributed by atoms with E-state index in [1.54, 1.807) is 18.2 Å². The zero-order valence-corrected chi connectivity index (χ0v) is 21.6. The van der Waals surface area contributed by atoms with Gasteiger partial charge in [0, 0.05) is 24.3 Å². The molecule has 0 radical (unpaired) electrons. The highest BCUT2D eigenvalue weighted by Crippen LogP contribution is 2.45. The molecule has 1 amide bonds.